The molecule has 16 heteroatoms. The Labute approximate surface area is 328 Å². The molecule has 0 aliphatic rings. The standard InChI is InChI=1S/C22H30Cl2N10.4Na.4H/c23-15-5-9-17(10-6-15)31-21(27)33-19(25)29-13-3-1-2-4-14-30-20(26)34-22(28)32-18-11-7-16(24)8-12-18;;;;;;;;/h5-12H,1-4,13-14H2,(H5,25,27,29,31,33)(H5,26,28,30,32,34);;;;;;;;/q;4*+1;4*-1. The van der Waals surface area contributed by atoms with Gasteiger partial charge >= 0.3 is 118 Å². The second kappa shape index (κ2) is 25.2. The number of anilines is 2. The van der Waals surface area contributed by atoms with Crippen LogP contribution in [0.1, 0.15) is 31.4 Å². The predicted molar refractivity (Wildman–Crippen MR) is 149 cm³/mol. The molecule has 10 nitrogen and oxygen atoms in total. The summed E-state index contributed by atoms with van der Waals surface area (Å²) in [4.78, 5) is 16.5. The second-order valence-corrected chi connectivity index (χ2v) is 8.02. The SMILES string of the molecule is NC(=NCCCCCCN=C(N)N=C(N)Nc1ccc(Cl)cc1)N=C(N)Nc1ccc(Cl)cc1.[H-].[H-].[H-].[H-].[Na+].[Na+].[Na+].[Na+]. The number of nitrogens with zero attached hydrogens (tertiary/aromatic N) is 4. The van der Waals surface area contributed by atoms with E-state index >= 15 is 0 Å². The third kappa shape index (κ3) is 20.4. The summed E-state index contributed by atoms with van der Waals surface area (Å²) in [7, 11) is 0. The van der Waals surface area contributed by atoms with Crippen LogP contribution in [0.3, 0.4) is 0 Å². The van der Waals surface area contributed by atoms with Crippen LogP contribution in [0.25, 0.3) is 0 Å². The number of hydrogen-bond donors (Lipinski definition) is 6. The summed E-state index contributed by atoms with van der Waals surface area (Å²) in [5.41, 5.74) is 24.8. The molecule has 0 bridgehead atoms. The van der Waals surface area contributed by atoms with Crippen molar-refractivity contribution in [2.75, 3.05) is 23.7 Å². The van der Waals surface area contributed by atoms with Crippen LogP contribution >= 0.6 is 23.2 Å². The van der Waals surface area contributed by atoms with Crippen molar-refractivity contribution < 1.29 is 124 Å². The van der Waals surface area contributed by atoms with E-state index in [1.165, 1.54) is 0 Å². The molecular weight excluding hydrogens is 567 g/mol. The van der Waals surface area contributed by atoms with E-state index in [1.54, 1.807) is 48.5 Å². The zero-order valence-corrected chi connectivity index (χ0v) is 32.2. The topological polar surface area (TPSA) is 178 Å². The van der Waals surface area contributed by atoms with Crippen LogP contribution in [-0.2, 0) is 0 Å². The van der Waals surface area contributed by atoms with Crippen molar-refractivity contribution in [2.24, 2.45) is 42.9 Å². The zero-order chi connectivity index (χ0) is 24.8. The van der Waals surface area contributed by atoms with E-state index in [9.17, 15) is 0 Å². The van der Waals surface area contributed by atoms with Gasteiger partial charge in [-0.05, 0) is 61.4 Å². The molecule has 0 heterocycles. The van der Waals surface area contributed by atoms with E-state index in [-0.39, 0.29) is 148 Å². The number of hydrogen-bond acceptors (Lipinski definition) is 2. The molecule has 0 saturated heterocycles. The van der Waals surface area contributed by atoms with E-state index in [2.05, 4.69) is 30.6 Å². The molecule has 0 saturated carbocycles. The number of nitrogens with two attached hydrogens (primary N) is 4. The number of rotatable bonds is 9. The van der Waals surface area contributed by atoms with Gasteiger partial charge in [0.25, 0.3) is 0 Å². The van der Waals surface area contributed by atoms with Crippen molar-refractivity contribution in [3.63, 3.8) is 0 Å². The average Bonchev–Trinajstić information content (AvgIpc) is 2.78. The van der Waals surface area contributed by atoms with Gasteiger partial charge in [0.05, 0.1) is 0 Å². The fourth-order valence-corrected chi connectivity index (χ4v) is 2.95. The third-order valence-corrected chi connectivity index (χ3v) is 4.82. The molecule has 0 fully saturated rings. The molecule has 0 aliphatic heterocycles. The number of benzene rings is 2. The maximum Gasteiger partial charge on any atom is 1.00 e. The van der Waals surface area contributed by atoms with E-state index in [0.29, 0.717) is 23.1 Å². The maximum atomic E-state index is 5.85. The maximum absolute atomic E-state index is 5.85. The number of halogens is 2. The molecule has 0 aliphatic carbocycles. The van der Waals surface area contributed by atoms with Gasteiger partial charge < -0.3 is 39.3 Å². The Bertz CT molecular complexity index is 969. The molecule has 0 amide bonds. The minimum atomic E-state index is 0. The first-order chi connectivity index (χ1) is 16.3. The summed E-state index contributed by atoms with van der Waals surface area (Å²) in [6, 6.07) is 14.1. The van der Waals surface area contributed by atoms with Crippen molar-refractivity contribution in [3.8, 4) is 0 Å². The van der Waals surface area contributed by atoms with Crippen LogP contribution in [-0.4, -0.2) is 36.9 Å². The minimum absolute atomic E-state index is 0. The summed E-state index contributed by atoms with van der Waals surface area (Å²) in [6.07, 6.45) is 3.68. The summed E-state index contributed by atoms with van der Waals surface area (Å²) in [6.45, 7) is 1.12. The Hall–Kier alpha value is 0.500. The quantitative estimate of drug-likeness (QED) is 0.0720. The molecule has 0 spiro atoms. The largest absolute Gasteiger partial charge is 1.00 e. The predicted octanol–water partition coefficient (Wildman–Crippen LogP) is -8.20. The van der Waals surface area contributed by atoms with Crippen LogP contribution in [0.5, 0.6) is 0 Å². The first kappa shape index (κ1) is 43.0. The fraction of sp³-hybridized carbons (Fsp3) is 0.273. The normalized spacial score (nSPS) is 11.7. The number of nitrogens with one attached hydrogen (secondary N) is 2. The summed E-state index contributed by atoms with van der Waals surface area (Å²) < 4.78 is 0. The smallest absolute Gasteiger partial charge is 1.00 e. The second-order valence-electron chi connectivity index (χ2n) is 7.15. The fourth-order valence-electron chi connectivity index (χ4n) is 2.70. The van der Waals surface area contributed by atoms with Gasteiger partial charge in [0.2, 0.25) is 23.8 Å². The van der Waals surface area contributed by atoms with Gasteiger partial charge in [-0.2, -0.15) is 9.98 Å². The van der Waals surface area contributed by atoms with E-state index < -0.39 is 0 Å². The summed E-state index contributed by atoms with van der Waals surface area (Å²) in [5.74, 6) is 0.564. The van der Waals surface area contributed by atoms with E-state index in [4.69, 9.17) is 46.1 Å². The molecule has 38 heavy (non-hydrogen) atoms. The van der Waals surface area contributed by atoms with Crippen LogP contribution < -0.4 is 152 Å². The van der Waals surface area contributed by atoms with Crippen molar-refractivity contribution in [1.29, 1.82) is 0 Å². The molecule has 0 radical (unpaired) electrons. The van der Waals surface area contributed by atoms with Crippen LogP contribution in [0.15, 0.2) is 68.5 Å². The average molecular weight is 601 g/mol. The molecule has 0 aromatic heterocycles. The van der Waals surface area contributed by atoms with Crippen molar-refractivity contribution in [3.05, 3.63) is 58.6 Å². The van der Waals surface area contributed by atoms with E-state index in [1.807, 2.05) is 0 Å². The van der Waals surface area contributed by atoms with Gasteiger partial charge in [0.15, 0.2) is 0 Å². The monoisotopic (exact) mass is 600 g/mol. The third-order valence-electron chi connectivity index (χ3n) is 4.32. The molecule has 2 aromatic rings. The molecule has 2 aromatic carbocycles. The summed E-state index contributed by atoms with van der Waals surface area (Å²) >= 11 is 11.7. The molecule has 0 unspecified atom stereocenters. The number of unbranched alkanes of at least 4 members (excludes halogenated alkanes) is 3. The summed E-state index contributed by atoms with van der Waals surface area (Å²) in [5, 5.41) is 7.11. The number of guanidine groups is 4. The van der Waals surface area contributed by atoms with Crippen molar-refractivity contribution >= 4 is 58.4 Å². The zero-order valence-electron chi connectivity index (χ0n) is 26.7. The van der Waals surface area contributed by atoms with E-state index in [0.717, 1.165) is 37.1 Å². The van der Waals surface area contributed by atoms with Gasteiger partial charge in [0, 0.05) is 34.5 Å². The molecule has 2 rings (SSSR count). The first-order valence-electron chi connectivity index (χ1n) is 10.6. The van der Waals surface area contributed by atoms with Crippen LogP contribution in [0.4, 0.5) is 11.4 Å². The Morgan fingerprint density at radius 2 is 0.895 bits per heavy atom. The Balaban J connectivity index is -0.000000306. The Morgan fingerprint density at radius 1 is 0.579 bits per heavy atom. The molecule has 190 valence electrons. The minimum Gasteiger partial charge on any atom is -1.00 e. The molecule has 10 N–H and O–H groups in total. The van der Waals surface area contributed by atoms with Gasteiger partial charge in [-0.15, -0.1) is 0 Å². The van der Waals surface area contributed by atoms with Crippen LogP contribution in [0, 0.1) is 0 Å². The van der Waals surface area contributed by atoms with Crippen molar-refractivity contribution in [1.82, 2.24) is 0 Å². The number of aliphatic imine (C=N–C) groups is 4. The van der Waals surface area contributed by atoms with Crippen molar-refractivity contribution in [2.45, 2.75) is 25.7 Å². The first-order valence-corrected chi connectivity index (χ1v) is 11.4. The van der Waals surface area contributed by atoms with Gasteiger partial charge in [-0.1, -0.05) is 36.0 Å². The van der Waals surface area contributed by atoms with Gasteiger partial charge in [-0.3, -0.25) is 9.98 Å². The van der Waals surface area contributed by atoms with Crippen LogP contribution in [0.2, 0.25) is 10.0 Å². The molecular formula is C22H34Cl2N10Na4. The van der Waals surface area contributed by atoms with Gasteiger partial charge in [-0.25, -0.2) is 0 Å². The molecule has 0 atom stereocenters. The Kier molecular flexibility index (Phi) is 28.5. The Morgan fingerprint density at radius 3 is 1.21 bits per heavy atom. The van der Waals surface area contributed by atoms with Gasteiger partial charge in [0.1, 0.15) is 0 Å².